The molecule has 0 aliphatic rings. The number of hydrogen-bond acceptors (Lipinski definition) is 3. The van der Waals surface area contributed by atoms with Crippen molar-refractivity contribution >= 4 is 0 Å². The lowest BCUT2D eigenvalue weighted by Crippen LogP contribution is -2.26. The molecular formula is C11H21N3O. The van der Waals surface area contributed by atoms with Gasteiger partial charge >= 0.3 is 0 Å². The van der Waals surface area contributed by atoms with Crippen molar-refractivity contribution in [1.29, 1.82) is 0 Å². The first kappa shape index (κ1) is 12.2. The van der Waals surface area contributed by atoms with Gasteiger partial charge in [-0.25, -0.2) is 0 Å². The van der Waals surface area contributed by atoms with Crippen LogP contribution in [0.3, 0.4) is 0 Å². The second-order valence-corrected chi connectivity index (χ2v) is 3.96. The van der Waals surface area contributed by atoms with Gasteiger partial charge in [0.15, 0.2) is 0 Å². The van der Waals surface area contributed by atoms with E-state index < -0.39 is 0 Å². The summed E-state index contributed by atoms with van der Waals surface area (Å²) in [5.41, 5.74) is 9.31. The maximum atomic E-state index is 8.83. The third kappa shape index (κ3) is 2.79. The highest BCUT2D eigenvalue weighted by Gasteiger charge is 2.10. The van der Waals surface area contributed by atoms with Crippen molar-refractivity contribution in [3.05, 3.63) is 17.0 Å². The molecule has 0 saturated carbocycles. The van der Waals surface area contributed by atoms with E-state index in [1.165, 1.54) is 11.3 Å². The van der Waals surface area contributed by atoms with Gasteiger partial charge in [0.2, 0.25) is 0 Å². The Hall–Kier alpha value is -0.870. The average molecular weight is 211 g/mol. The lowest BCUT2D eigenvalue weighted by Gasteiger charge is -2.09. The minimum atomic E-state index is -0.140. The monoisotopic (exact) mass is 211 g/mol. The number of hydrogen-bond donors (Lipinski definition) is 2. The number of nitrogens with two attached hydrogens (primary N) is 1. The molecule has 0 spiro atoms. The van der Waals surface area contributed by atoms with Crippen LogP contribution < -0.4 is 5.73 Å². The number of aliphatic hydroxyl groups excluding tert-OH is 1. The highest BCUT2D eigenvalue weighted by Crippen LogP contribution is 2.13. The van der Waals surface area contributed by atoms with Crippen LogP contribution in [0.2, 0.25) is 0 Å². The predicted octanol–water partition coefficient (Wildman–Crippen LogP) is 0.772. The van der Waals surface area contributed by atoms with Gasteiger partial charge in [-0.1, -0.05) is 6.92 Å². The summed E-state index contributed by atoms with van der Waals surface area (Å²) in [6.45, 7) is 7.09. The minimum absolute atomic E-state index is 0.0416. The Morgan fingerprint density at radius 2 is 2.13 bits per heavy atom. The van der Waals surface area contributed by atoms with E-state index in [1.54, 1.807) is 0 Å². The molecule has 1 aromatic rings. The summed E-state index contributed by atoms with van der Waals surface area (Å²) in [6, 6.07) is -0.140. The summed E-state index contributed by atoms with van der Waals surface area (Å²) in [6.07, 6.45) is 1.78. The summed E-state index contributed by atoms with van der Waals surface area (Å²) >= 11 is 0. The Morgan fingerprint density at radius 3 is 2.60 bits per heavy atom. The largest absolute Gasteiger partial charge is 0.395 e. The van der Waals surface area contributed by atoms with Crippen molar-refractivity contribution in [2.75, 3.05) is 6.61 Å². The highest BCUT2D eigenvalue weighted by atomic mass is 16.3. The Morgan fingerprint density at radius 1 is 1.47 bits per heavy atom. The topological polar surface area (TPSA) is 64.1 Å². The fourth-order valence-electron chi connectivity index (χ4n) is 1.84. The molecule has 15 heavy (non-hydrogen) atoms. The van der Waals surface area contributed by atoms with Gasteiger partial charge in [0.05, 0.1) is 12.3 Å². The van der Waals surface area contributed by atoms with Crippen LogP contribution in [0.4, 0.5) is 0 Å². The molecule has 0 amide bonds. The Kier molecular flexibility index (Phi) is 4.29. The molecule has 1 aromatic heterocycles. The molecule has 0 bridgehead atoms. The maximum absolute atomic E-state index is 8.83. The predicted molar refractivity (Wildman–Crippen MR) is 60.8 cm³/mol. The first-order valence-corrected chi connectivity index (χ1v) is 5.49. The maximum Gasteiger partial charge on any atom is 0.0628 e. The van der Waals surface area contributed by atoms with Crippen LogP contribution in [0, 0.1) is 13.8 Å². The van der Waals surface area contributed by atoms with E-state index in [9.17, 15) is 0 Å². The van der Waals surface area contributed by atoms with Crippen molar-refractivity contribution in [1.82, 2.24) is 9.78 Å². The van der Waals surface area contributed by atoms with Crippen molar-refractivity contribution in [2.24, 2.45) is 5.73 Å². The molecule has 0 aliphatic carbocycles. The second kappa shape index (κ2) is 5.28. The molecule has 3 N–H and O–H groups in total. The Labute approximate surface area is 91.1 Å². The molecule has 0 aromatic carbocycles. The Balaban J connectivity index is 2.70. The van der Waals surface area contributed by atoms with Gasteiger partial charge in [-0.15, -0.1) is 0 Å². The minimum Gasteiger partial charge on any atom is -0.395 e. The first-order chi connectivity index (χ1) is 7.10. The van der Waals surface area contributed by atoms with Crippen LogP contribution in [0.5, 0.6) is 0 Å². The van der Waals surface area contributed by atoms with E-state index in [2.05, 4.69) is 18.9 Å². The summed E-state index contributed by atoms with van der Waals surface area (Å²) in [5.74, 6) is 0. The summed E-state index contributed by atoms with van der Waals surface area (Å²) in [7, 11) is 0. The van der Waals surface area contributed by atoms with Crippen LogP contribution in [-0.2, 0) is 13.0 Å². The van der Waals surface area contributed by atoms with Crippen LogP contribution >= 0.6 is 0 Å². The second-order valence-electron chi connectivity index (χ2n) is 3.96. The number of aromatic nitrogens is 2. The van der Waals surface area contributed by atoms with Gasteiger partial charge in [0.25, 0.3) is 0 Å². The quantitative estimate of drug-likeness (QED) is 0.756. The molecule has 86 valence electrons. The zero-order valence-electron chi connectivity index (χ0n) is 9.82. The van der Waals surface area contributed by atoms with Crippen LogP contribution in [0.15, 0.2) is 0 Å². The van der Waals surface area contributed by atoms with E-state index in [-0.39, 0.29) is 12.6 Å². The summed E-state index contributed by atoms with van der Waals surface area (Å²) in [5, 5.41) is 13.3. The van der Waals surface area contributed by atoms with Crippen molar-refractivity contribution < 1.29 is 5.11 Å². The molecule has 0 radical (unpaired) electrons. The SMILES string of the molecule is CCc1c(C)nn(CCC(N)CO)c1C. The molecule has 1 unspecified atom stereocenters. The number of aliphatic hydroxyl groups is 1. The van der Waals surface area contributed by atoms with Gasteiger partial charge < -0.3 is 10.8 Å². The zero-order valence-corrected chi connectivity index (χ0v) is 9.82. The number of nitrogens with zero attached hydrogens (tertiary/aromatic N) is 2. The third-order valence-electron chi connectivity index (χ3n) is 2.83. The number of rotatable bonds is 5. The number of aryl methyl sites for hydroxylation is 2. The van der Waals surface area contributed by atoms with E-state index in [1.807, 2.05) is 11.6 Å². The standard InChI is InChI=1S/C11H21N3O/c1-4-11-8(2)13-14(9(11)3)6-5-10(12)7-15/h10,15H,4-7,12H2,1-3H3. The van der Waals surface area contributed by atoms with Gasteiger partial charge in [-0.3, -0.25) is 4.68 Å². The fourth-order valence-corrected chi connectivity index (χ4v) is 1.84. The first-order valence-electron chi connectivity index (χ1n) is 5.49. The molecule has 0 aliphatic heterocycles. The molecule has 1 rings (SSSR count). The van der Waals surface area contributed by atoms with E-state index in [0.717, 1.165) is 25.1 Å². The van der Waals surface area contributed by atoms with Crippen LogP contribution in [-0.4, -0.2) is 27.5 Å². The van der Waals surface area contributed by atoms with Gasteiger partial charge in [-0.05, 0) is 32.3 Å². The Bertz CT molecular complexity index is 320. The average Bonchev–Trinajstić information content (AvgIpc) is 2.50. The molecule has 4 nitrogen and oxygen atoms in total. The summed E-state index contributed by atoms with van der Waals surface area (Å²) in [4.78, 5) is 0. The van der Waals surface area contributed by atoms with E-state index in [0.29, 0.717) is 0 Å². The third-order valence-corrected chi connectivity index (χ3v) is 2.83. The molecule has 1 heterocycles. The highest BCUT2D eigenvalue weighted by molar-refractivity contribution is 5.24. The van der Waals surface area contributed by atoms with Crippen molar-refractivity contribution in [3.8, 4) is 0 Å². The molecule has 0 saturated heterocycles. The lowest BCUT2D eigenvalue weighted by atomic mass is 10.1. The van der Waals surface area contributed by atoms with Crippen molar-refractivity contribution in [2.45, 2.75) is 46.2 Å². The lowest BCUT2D eigenvalue weighted by molar-refractivity contribution is 0.254. The van der Waals surface area contributed by atoms with E-state index >= 15 is 0 Å². The molecule has 1 atom stereocenters. The summed E-state index contributed by atoms with van der Waals surface area (Å²) < 4.78 is 1.99. The molecular weight excluding hydrogens is 190 g/mol. The fraction of sp³-hybridized carbons (Fsp3) is 0.727. The normalized spacial score (nSPS) is 13.1. The van der Waals surface area contributed by atoms with Gasteiger partial charge in [0, 0.05) is 18.3 Å². The van der Waals surface area contributed by atoms with Crippen molar-refractivity contribution in [3.63, 3.8) is 0 Å². The van der Waals surface area contributed by atoms with Crippen LogP contribution in [0.25, 0.3) is 0 Å². The van der Waals surface area contributed by atoms with Gasteiger partial charge in [-0.2, -0.15) is 5.10 Å². The molecule has 4 heteroatoms. The van der Waals surface area contributed by atoms with Crippen LogP contribution in [0.1, 0.15) is 30.3 Å². The van der Waals surface area contributed by atoms with E-state index in [4.69, 9.17) is 10.8 Å². The molecule has 0 fully saturated rings. The van der Waals surface area contributed by atoms with Gasteiger partial charge in [0.1, 0.15) is 0 Å². The smallest absolute Gasteiger partial charge is 0.0628 e. The zero-order chi connectivity index (χ0) is 11.4.